The highest BCUT2D eigenvalue weighted by Gasteiger charge is 2.34. The summed E-state index contributed by atoms with van der Waals surface area (Å²) in [6.07, 6.45) is 3.22. The average molecular weight is 477 g/mol. The number of aromatic nitrogens is 4. The molecule has 1 aliphatic heterocycles. The lowest BCUT2D eigenvalue weighted by Gasteiger charge is -2.28. The summed E-state index contributed by atoms with van der Waals surface area (Å²) in [7, 11) is 0. The molecule has 0 saturated carbocycles. The van der Waals surface area contributed by atoms with E-state index in [-0.39, 0.29) is 11.7 Å². The number of allylic oxidation sites excluding steroid dienone is 1. The lowest BCUT2D eigenvalue weighted by atomic mass is 9.95. The Bertz CT molecular complexity index is 1620. The number of nitrogens with zero attached hydrogens (tertiary/aromatic N) is 4. The second-order valence-corrected chi connectivity index (χ2v) is 8.54. The molecule has 1 unspecified atom stereocenters. The maximum Gasteiger partial charge on any atom is 0.255 e. The summed E-state index contributed by atoms with van der Waals surface area (Å²) in [6, 6.07) is 23.0. The second-order valence-electron chi connectivity index (χ2n) is 8.54. The number of benzene rings is 3. The van der Waals surface area contributed by atoms with Crippen molar-refractivity contribution >= 4 is 28.3 Å². The van der Waals surface area contributed by atoms with Gasteiger partial charge in [0.25, 0.3) is 5.91 Å². The molecule has 0 aliphatic carbocycles. The van der Waals surface area contributed by atoms with Crippen LogP contribution in [0, 0.1) is 5.82 Å². The van der Waals surface area contributed by atoms with Crippen molar-refractivity contribution < 1.29 is 9.18 Å². The van der Waals surface area contributed by atoms with Gasteiger partial charge in [-0.25, -0.2) is 9.07 Å². The molecule has 0 spiro atoms. The van der Waals surface area contributed by atoms with Crippen LogP contribution in [0.1, 0.15) is 18.5 Å². The maximum atomic E-state index is 13.8. The van der Waals surface area contributed by atoms with E-state index < -0.39 is 6.04 Å². The molecule has 36 heavy (non-hydrogen) atoms. The van der Waals surface area contributed by atoms with Crippen LogP contribution in [0.2, 0.25) is 0 Å². The topological polar surface area (TPSA) is 84.7 Å². The smallest absolute Gasteiger partial charge is 0.255 e. The van der Waals surface area contributed by atoms with E-state index in [9.17, 15) is 9.18 Å². The van der Waals surface area contributed by atoms with Gasteiger partial charge in [0.05, 0.1) is 17.5 Å². The van der Waals surface area contributed by atoms with Crippen LogP contribution in [0.15, 0.2) is 103 Å². The van der Waals surface area contributed by atoms with E-state index in [0.717, 1.165) is 16.3 Å². The minimum Gasteiger partial charge on any atom is -0.328 e. The van der Waals surface area contributed by atoms with Gasteiger partial charge in [0.15, 0.2) is 5.82 Å². The van der Waals surface area contributed by atoms with Crippen LogP contribution in [-0.2, 0) is 4.79 Å². The van der Waals surface area contributed by atoms with Crippen LogP contribution in [0.25, 0.3) is 22.2 Å². The van der Waals surface area contributed by atoms with Gasteiger partial charge in [0.1, 0.15) is 11.9 Å². The molecule has 3 aromatic carbocycles. The number of carbonyl (C=O) groups excluding carboxylic acids is 1. The lowest BCUT2D eigenvalue weighted by Crippen LogP contribution is -2.31. The van der Waals surface area contributed by atoms with E-state index in [2.05, 4.69) is 15.6 Å². The molecule has 8 heteroatoms. The summed E-state index contributed by atoms with van der Waals surface area (Å²) < 4.78 is 15.5. The van der Waals surface area contributed by atoms with Crippen LogP contribution in [-0.4, -0.2) is 25.7 Å². The standard InChI is InChI=1S/C28H21FN6O/c1-17-24(27(36)32-21-8-5-15-30-16-21)25(19-11-13-20(29)14-12-19)35-28(31-17)33-26(34-35)23-10-4-7-18-6-2-3-9-22(18)23/h2-16,25H,1H3,(H,32,36)(H,31,33,34). The molecule has 0 bridgehead atoms. The van der Waals surface area contributed by atoms with Crippen LogP contribution in [0.3, 0.4) is 0 Å². The molecule has 176 valence electrons. The van der Waals surface area contributed by atoms with Crippen LogP contribution in [0.4, 0.5) is 16.0 Å². The highest BCUT2D eigenvalue weighted by molar-refractivity contribution is 6.06. The van der Waals surface area contributed by atoms with Gasteiger partial charge in [0.2, 0.25) is 5.95 Å². The lowest BCUT2D eigenvalue weighted by molar-refractivity contribution is -0.113. The van der Waals surface area contributed by atoms with Crippen molar-refractivity contribution in [2.45, 2.75) is 13.0 Å². The monoisotopic (exact) mass is 476 g/mol. The summed E-state index contributed by atoms with van der Waals surface area (Å²) in [6.45, 7) is 1.82. The summed E-state index contributed by atoms with van der Waals surface area (Å²) in [4.78, 5) is 22.4. The molecular weight excluding hydrogens is 455 g/mol. The Labute approximate surface area is 206 Å². The molecule has 1 atom stereocenters. The first-order valence-corrected chi connectivity index (χ1v) is 11.5. The summed E-state index contributed by atoms with van der Waals surface area (Å²) in [5.74, 6) is 0.367. The number of nitrogens with one attached hydrogen (secondary N) is 2. The summed E-state index contributed by atoms with van der Waals surface area (Å²) >= 11 is 0. The average Bonchev–Trinajstić information content (AvgIpc) is 3.32. The summed E-state index contributed by atoms with van der Waals surface area (Å²) in [5.41, 5.74) is 3.25. The number of rotatable bonds is 4. The van der Waals surface area contributed by atoms with Crippen molar-refractivity contribution in [3.05, 3.63) is 114 Å². The van der Waals surface area contributed by atoms with Crippen molar-refractivity contribution in [2.75, 3.05) is 10.6 Å². The minimum atomic E-state index is -0.616. The van der Waals surface area contributed by atoms with Crippen LogP contribution in [0.5, 0.6) is 0 Å². The zero-order chi connectivity index (χ0) is 24.6. The highest BCUT2D eigenvalue weighted by atomic mass is 19.1. The van der Waals surface area contributed by atoms with Crippen LogP contribution >= 0.6 is 0 Å². The number of halogens is 1. The number of amides is 1. The van der Waals surface area contributed by atoms with Crippen molar-refractivity contribution in [1.29, 1.82) is 0 Å². The van der Waals surface area contributed by atoms with E-state index in [1.807, 2.05) is 49.4 Å². The van der Waals surface area contributed by atoms with Gasteiger partial charge in [-0.05, 0) is 47.5 Å². The van der Waals surface area contributed by atoms with Crippen molar-refractivity contribution in [3.63, 3.8) is 0 Å². The number of anilines is 2. The largest absolute Gasteiger partial charge is 0.328 e. The van der Waals surface area contributed by atoms with Gasteiger partial charge >= 0.3 is 0 Å². The molecule has 0 fully saturated rings. The number of pyridine rings is 1. The Balaban J connectivity index is 1.48. The Kier molecular flexibility index (Phi) is 5.26. The fourth-order valence-electron chi connectivity index (χ4n) is 4.57. The Morgan fingerprint density at radius 2 is 1.81 bits per heavy atom. The Morgan fingerprint density at radius 3 is 2.61 bits per heavy atom. The number of hydrogen-bond acceptors (Lipinski definition) is 5. The summed E-state index contributed by atoms with van der Waals surface area (Å²) in [5, 5.41) is 13.1. The van der Waals surface area contributed by atoms with E-state index >= 15 is 0 Å². The van der Waals surface area contributed by atoms with Gasteiger partial charge in [-0.3, -0.25) is 9.78 Å². The van der Waals surface area contributed by atoms with Crippen molar-refractivity contribution in [1.82, 2.24) is 19.7 Å². The molecule has 2 N–H and O–H groups in total. The SMILES string of the molecule is CC1=C(C(=O)Nc2cccnc2)C(c2ccc(F)cc2)n2nc(-c3cccc4ccccc34)nc2N1. The highest BCUT2D eigenvalue weighted by Crippen LogP contribution is 2.37. The third kappa shape index (κ3) is 3.78. The first kappa shape index (κ1) is 21.7. The number of carbonyl (C=O) groups is 1. The fourth-order valence-corrected chi connectivity index (χ4v) is 4.57. The predicted octanol–water partition coefficient (Wildman–Crippen LogP) is 5.56. The number of hydrogen-bond donors (Lipinski definition) is 2. The Hall–Kier alpha value is -4.85. The predicted molar refractivity (Wildman–Crippen MR) is 137 cm³/mol. The van der Waals surface area contributed by atoms with Gasteiger partial charge in [-0.1, -0.05) is 54.6 Å². The molecule has 1 amide bonds. The quantitative estimate of drug-likeness (QED) is 0.355. The molecule has 3 heterocycles. The van der Waals surface area contributed by atoms with Gasteiger partial charge in [-0.2, -0.15) is 4.98 Å². The second kappa shape index (κ2) is 8.74. The zero-order valence-corrected chi connectivity index (χ0v) is 19.3. The maximum absolute atomic E-state index is 13.8. The minimum absolute atomic E-state index is 0.310. The molecule has 0 saturated heterocycles. The van der Waals surface area contributed by atoms with E-state index in [1.165, 1.54) is 12.1 Å². The molecule has 1 aliphatic rings. The first-order chi connectivity index (χ1) is 17.6. The van der Waals surface area contributed by atoms with Crippen LogP contribution < -0.4 is 10.6 Å². The van der Waals surface area contributed by atoms with Gasteiger partial charge in [-0.15, -0.1) is 5.10 Å². The van der Waals surface area contributed by atoms with Crippen molar-refractivity contribution in [2.24, 2.45) is 0 Å². The molecule has 0 radical (unpaired) electrons. The molecular formula is C28H21FN6O. The van der Waals surface area contributed by atoms with Gasteiger partial charge < -0.3 is 10.6 Å². The van der Waals surface area contributed by atoms with Gasteiger partial charge in [0, 0.05) is 17.5 Å². The van der Waals surface area contributed by atoms with E-state index in [0.29, 0.717) is 34.3 Å². The molecule has 5 aromatic rings. The normalized spacial score (nSPS) is 14.9. The zero-order valence-electron chi connectivity index (χ0n) is 19.3. The molecule has 7 nitrogen and oxygen atoms in total. The first-order valence-electron chi connectivity index (χ1n) is 11.5. The van der Waals surface area contributed by atoms with Crippen molar-refractivity contribution in [3.8, 4) is 11.4 Å². The molecule has 6 rings (SSSR count). The Morgan fingerprint density at radius 1 is 1.00 bits per heavy atom. The number of fused-ring (bicyclic) bond motifs is 2. The van der Waals surface area contributed by atoms with E-state index in [1.54, 1.807) is 41.3 Å². The molecule has 2 aromatic heterocycles. The third-order valence-electron chi connectivity index (χ3n) is 6.23. The third-order valence-corrected chi connectivity index (χ3v) is 6.23. The fraction of sp³-hybridized carbons (Fsp3) is 0.0714. The van der Waals surface area contributed by atoms with E-state index in [4.69, 9.17) is 10.1 Å².